The van der Waals surface area contributed by atoms with Gasteiger partial charge < -0.3 is 24.6 Å². The Bertz CT molecular complexity index is 457. The maximum absolute atomic E-state index is 12.2. The number of unbranched alkanes of at least 4 members (excludes halogenated alkanes) is 1. The van der Waals surface area contributed by atoms with Crippen LogP contribution in [0.3, 0.4) is 0 Å². The number of β-amino-alcohol motifs (C(OH)–C–C–N with tert-alkyl or cyclic N) is 1. The standard InChI is InChI=1S/C15H26N2O6/c1-15(2,3)23-14(21)17-10-12(19)16(7-5-6-8-18)9-11(17)13(20)22-4/h9,12,18-19H,5-8,10H2,1-4H3. The Morgan fingerprint density at radius 1 is 1.35 bits per heavy atom. The van der Waals surface area contributed by atoms with Crippen molar-refractivity contribution >= 4 is 12.1 Å². The first kappa shape index (κ1) is 19.2. The number of methoxy groups -OCH3 is 1. The van der Waals surface area contributed by atoms with Crippen LogP contribution in [0.4, 0.5) is 4.79 Å². The van der Waals surface area contributed by atoms with Crippen molar-refractivity contribution in [2.45, 2.75) is 45.4 Å². The van der Waals surface area contributed by atoms with E-state index in [-0.39, 0.29) is 18.8 Å². The van der Waals surface area contributed by atoms with E-state index in [4.69, 9.17) is 14.6 Å². The average molecular weight is 330 g/mol. The van der Waals surface area contributed by atoms with Gasteiger partial charge in [-0.2, -0.15) is 0 Å². The number of hydrogen-bond acceptors (Lipinski definition) is 7. The van der Waals surface area contributed by atoms with Crippen molar-refractivity contribution in [1.82, 2.24) is 9.80 Å². The van der Waals surface area contributed by atoms with E-state index < -0.39 is 23.9 Å². The fourth-order valence-electron chi connectivity index (χ4n) is 2.06. The molecule has 0 saturated carbocycles. The summed E-state index contributed by atoms with van der Waals surface area (Å²) in [6.07, 6.45) is 0.935. The summed E-state index contributed by atoms with van der Waals surface area (Å²) in [7, 11) is 1.22. The van der Waals surface area contributed by atoms with Gasteiger partial charge >= 0.3 is 12.1 Å². The second-order valence-electron chi connectivity index (χ2n) is 6.25. The van der Waals surface area contributed by atoms with Crippen molar-refractivity contribution in [2.75, 3.05) is 26.8 Å². The molecule has 0 saturated heterocycles. The van der Waals surface area contributed by atoms with Gasteiger partial charge in [0.15, 0.2) is 0 Å². The molecule has 0 aromatic rings. The number of esters is 1. The van der Waals surface area contributed by atoms with Crippen LogP contribution in [0.15, 0.2) is 11.9 Å². The lowest BCUT2D eigenvalue weighted by Crippen LogP contribution is -2.51. The van der Waals surface area contributed by atoms with Crippen LogP contribution in [0.5, 0.6) is 0 Å². The van der Waals surface area contributed by atoms with Crippen LogP contribution >= 0.6 is 0 Å². The summed E-state index contributed by atoms with van der Waals surface area (Å²) in [5, 5.41) is 19.0. The number of carbonyl (C=O) groups excluding carboxylic acids is 2. The number of amides is 1. The second-order valence-corrected chi connectivity index (χ2v) is 6.25. The molecule has 0 spiro atoms. The highest BCUT2D eigenvalue weighted by atomic mass is 16.6. The number of aliphatic hydroxyl groups is 2. The molecule has 132 valence electrons. The molecule has 1 unspecified atom stereocenters. The smallest absolute Gasteiger partial charge is 0.415 e. The van der Waals surface area contributed by atoms with Gasteiger partial charge in [-0.05, 0) is 33.6 Å². The van der Waals surface area contributed by atoms with Gasteiger partial charge in [0.2, 0.25) is 0 Å². The number of carbonyl (C=O) groups is 2. The highest BCUT2D eigenvalue weighted by molar-refractivity contribution is 5.92. The minimum Gasteiger partial charge on any atom is -0.464 e. The van der Waals surface area contributed by atoms with Gasteiger partial charge in [0, 0.05) is 19.4 Å². The highest BCUT2D eigenvalue weighted by Gasteiger charge is 2.35. The third-order valence-corrected chi connectivity index (χ3v) is 3.14. The molecule has 23 heavy (non-hydrogen) atoms. The zero-order valence-corrected chi connectivity index (χ0v) is 14.1. The van der Waals surface area contributed by atoms with Crippen molar-refractivity contribution in [3.63, 3.8) is 0 Å². The molecule has 1 amide bonds. The molecule has 0 radical (unpaired) electrons. The first-order valence-corrected chi connectivity index (χ1v) is 7.55. The summed E-state index contributed by atoms with van der Waals surface area (Å²) >= 11 is 0. The summed E-state index contributed by atoms with van der Waals surface area (Å²) in [6.45, 7) is 5.55. The molecule has 0 aliphatic carbocycles. The minimum atomic E-state index is -0.963. The molecule has 1 rings (SSSR count). The molecule has 0 aromatic heterocycles. The monoisotopic (exact) mass is 330 g/mol. The summed E-state index contributed by atoms with van der Waals surface area (Å²) < 4.78 is 9.96. The van der Waals surface area contributed by atoms with Crippen LogP contribution in [0.1, 0.15) is 33.6 Å². The molecule has 2 N–H and O–H groups in total. The van der Waals surface area contributed by atoms with Crippen LogP contribution in [0.25, 0.3) is 0 Å². The van der Waals surface area contributed by atoms with Gasteiger partial charge in [-0.3, -0.25) is 4.90 Å². The molecular weight excluding hydrogens is 304 g/mol. The minimum absolute atomic E-state index is 0.0102. The van der Waals surface area contributed by atoms with E-state index in [2.05, 4.69) is 0 Å². The largest absolute Gasteiger partial charge is 0.464 e. The quantitative estimate of drug-likeness (QED) is 0.564. The maximum Gasteiger partial charge on any atom is 0.415 e. The average Bonchev–Trinajstić information content (AvgIpc) is 2.46. The third-order valence-electron chi connectivity index (χ3n) is 3.14. The van der Waals surface area contributed by atoms with Gasteiger partial charge in [0.25, 0.3) is 0 Å². The van der Waals surface area contributed by atoms with Gasteiger partial charge in [-0.1, -0.05) is 0 Å². The number of rotatable bonds is 5. The van der Waals surface area contributed by atoms with Crippen molar-refractivity contribution < 1.29 is 29.3 Å². The summed E-state index contributed by atoms with van der Waals surface area (Å²) in [5.41, 5.74) is -0.710. The van der Waals surface area contributed by atoms with E-state index in [0.29, 0.717) is 19.4 Å². The van der Waals surface area contributed by atoms with Crippen LogP contribution in [-0.4, -0.2) is 70.7 Å². The summed E-state index contributed by atoms with van der Waals surface area (Å²) in [4.78, 5) is 26.8. The lowest BCUT2D eigenvalue weighted by atomic mass is 10.2. The molecule has 0 fully saturated rings. The number of ether oxygens (including phenoxy) is 2. The zero-order chi connectivity index (χ0) is 17.6. The predicted molar refractivity (Wildman–Crippen MR) is 82.1 cm³/mol. The van der Waals surface area contributed by atoms with Crippen LogP contribution in [0, 0.1) is 0 Å². The topological polar surface area (TPSA) is 99.5 Å². The van der Waals surface area contributed by atoms with E-state index in [1.54, 1.807) is 25.7 Å². The van der Waals surface area contributed by atoms with Crippen LogP contribution < -0.4 is 0 Å². The fraction of sp³-hybridized carbons (Fsp3) is 0.733. The normalized spacial score (nSPS) is 18.5. The molecule has 0 aromatic carbocycles. The van der Waals surface area contributed by atoms with E-state index in [1.807, 2.05) is 0 Å². The van der Waals surface area contributed by atoms with Crippen molar-refractivity contribution in [1.29, 1.82) is 0 Å². The van der Waals surface area contributed by atoms with Gasteiger partial charge in [0.1, 0.15) is 17.5 Å². The van der Waals surface area contributed by atoms with Crippen LogP contribution in [-0.2, 0) is 14.3 Å². The van der Waals surface area contributed by atoms with Gasteiger partial charge in [-0.25, -0.2) is 9.59 Å². The Hall–Kier alpha value is -1.80. The molecule has 8 heteroatoms. The zero-order valence-electron chi connectivity index (χ0n) is 14.1. The maximum atomic E-state index is 12.2. The molecule has 1 aliphatic heterocycles. The first-order valence-electron chi connectivity index (χ1n) is 7.55. The lowest BCUT2D eigenvalue weighted by molar-refractivity contribution is -0.139. The summed E-state index contributed by atoms with van der Waals surface area (Å²) in [6, 6.07) is 0. The van der Waals surface area contributed by atoms with Crippen LogP contribution in [0.2, 0.25) is 0 Å². The fourth-order valence-corrected chi connectivity index (χ4v) is 2.06. The molecule has 1 aliphatic rings. The van der Waals surface area contributed by atoms with Gasteiger partial charge in [-0.15, -0.1) is 0 Å². The Morgan fingerprint density at radius 3 is 2.52 bits per heavy atom. The van der Waals surface area contributed by atoms with Gasteiger partial charge in [0.05, 0.1) is 13.7 Å². The molecule has 1 heterocycles. The van der Waals surface area contributed by atoms with Crippen molar-refractivity contribution in [3.05, 3.63) is 11.9 Å². The first-order chi connectivity index (χ1) is 10.7. The molecule has 8 nitrogen and oxygen atoms in total. The Kier molecular flexibility index (Phi) is 6.83. The van der Waals surface area contributed by atoms with E-state index in [1.165, 1.54) is 13.3 Å². The molecular formula is C15H26N2O6. The van der Waals surface area contributed by atoms with Crippen molar-refractivity contribution in [3.8, 4) is 0 Å². The van der Waals surface area contributed by atoms with E-state index in [9.17, 15) is 14.7 Å². The highest BCUT2D eigenvalue weighted by Crippen LogP contribution is 2.21. The third kappa shape index (κ3) is 5.72. The number of hydrogen-bond donors (Lipinski definition) is 2. The second kappa shape index (κ2) is 8.16. The number of nitrogens with zero attached hydrogens (tertiary/aromatic N) is 2. The van der Waals surface area contributed by atoms with E-state index in [0.717, 1.165) is 4.90 Å². The van der Waals surface area contributed by atoms with E-state index >= 15 is 0 Å². The summed E-state index contributed by atoms with van der Waals surface area (Å²) in [5.74, 6) is -0.685. The number of aliphatic hydroxyl groups excluding tert-OH is 2. The lowest BCUT2D eigenvalue weighted by Gasteiger charge is -2.38. The Balaban J connectivity index is 2.96. The molecule has 0 bridgehead atoms. The predicted octanol–water partition coefficient (Wildman–Crippen LogP) is 0.644. The SMILES string of the molecule is COC(=O)C1=CN(CCCCO)C(O)CN1C(=O)OC(C)(C)C. The Morgan fingerprint density at radius 2 is 2.00 bits per heavy atom. The Labute approximate surface area is 136 Å². The molecule has 1 atom stereocenters. The van der Waals surface area contributed by atoms with Crippen molar-refractivity contribution in [2.24, 2.45) is 0 Å².